The molecule has 0 saturated carbocycles. The van der Waals surface area contributed by atoms with Gasteiger partial charge in [0.05, 0.1) is 0 Å². The van der Waals surface area contributed by atoms with Crippen molar-refractivity contribution in [1.82, 2.24) is 0 Å². The molecule has 5 aromatic carbocycles. The van der Waals surface area contributed by atoms with E-state index in [0.29, 0.717) is 0 Å². The van der Waals surface area contributed by atoms with Crippen LogP contribution in [0.2, 0.25) is 0 Å². The van der Waals surface area contributed by atoms with Gasteiger partial charge in [-0.1, -0.05) is 118 Å². The van der Waals surface area contributed by atoms with E-state index in [1.807, 2.05) is 18.2 Å². The average Bonchev–Trinajstić information content (AvgIpc) is 3.51. The van der Waals surface area contributed by atoms with Gasteiger partial charge in [0.25, 0.3) is 0 Å². The summed E-state index contributed by atoms with van der Waals surface area (Å²) in [6.07, 6.45) is 1.55. The van der Waals surface area contributed by atoms with E-state index in [9.17, 15) is 0 Å². The molecular formula is C42H40BFNS-. The normalized spacial score (nSPS) is 11.7. The van der Waals surface area contributed by atoms with Crippen molar-refractivity contribution < 1.29 is 4.32 Å². The van der Waals surface area contributed by atoms with E-state index >= 15 is 4.32 Å². The smallest absolute Gasteiger partial charge is 0.244 e. The monoisotopic (exact) mass is 620 g/mol. The third-order valence-corrected chi connectivity index (χ3v) is 10.1. The minimum Gasteiger partial charge on any atom is -0.497 e. The minimum atomic E-state index is -2.68. The average molecular weight is 621 g/mol. The van der Waals surface area contributed by atoms with Crippen molar-refractivity contribution in [2.75, 3.05) is 4.90 Å². The SMILES string of the molecule is Cc1cc(C)c([B-](F)(c2ccc(/C=C/c3ccc(N(c4ccccc4)c4ccccc4)cc3)s2)c2c(C)cc(C)cc2C)c(C)c1. The first-order chi connectivity index (χ1) is 22.1. The highest BCUT2D eigenvalue weighted by atomic mass is 32.1. The second kappa shape index (κ2) is 13.0. The number of halogens is 1. The Labute approximate surface area is 277 Å². The van der Waals surface area contributed by atoms with Gasteiger partial charge in [0.1, 0.15) is 0 Å². The summed E-state index contributed by atoms with van der Waals surface area (Å²) >= 11 is 1.55. The first-order valence-electron chi connectivity index (χ1n) is 15.9. The van der Waals surface area contributed by atoms with Crippen LogP contribution in [0.15, 0.2) is 121 Å². The molecule has 0 saturated heterocycles. The van der Waals surface area contributed by atoms with Crippen LogP contribution in [0.1, 0.15) is 43.8 Å². The van der Waals surface area contributed by atoms with E-state index in [-0.39, 0.29) is 0 Å². The van der Waals surface area contributed by atoms with E-state index < -0.39 is 6.42 Å². The molecule has 0 fully saturated rings. The fourth-order valence-corrected chi connectivity index (χ4v) is 8.33. The summed E-state index contributed by atoms with van der Waals surface area (Å²) in [6, 6.07) is 42.0. The maximum Gasteiger partial charge on any atom is 0.244 e. The molecule has 1 nitrogen and oxygen atoms in total. The molecule has 46 heavy (non-hydrogen) atoms. The molecule has 230 valence electrons. The van der Waals surface area contributed by atoms with E-state index in [1.54, 1.807) is 11.3 Å². The quantitative estimate of drug-likeness (QED) is 0.153. The van der Waals surface area contributed by atoms with Gasteiger partial charge in [-0.3, -0.25) is 0 Å². The Bertz CT molecular complexity index is 1870. The van der Waals surface area contributed by atoms with Crippen LogP contribution in [-0.2, 0) is 0 Å². The number of anilines is 3. The molecule has 0 aliphatic carbocycles. The molecule has 6 rings (SSSR count). The zero-order valence-electron chi connectivity index (χ0n) is 27.5. The maximum atomic E-state index is 18.3. The molecule has 0 radical (unpaired) electrons. The van der Waals surface area contributed by atoms with Crippen molar-refractivity contribution in [2.45, 2.75) is 41.5 Å². The molecule has 0 bridgehead atoms. The molecule has 0 atom stereocenters. The molecule has 1 heterocycles. The summed E-state index contributed by atoms with van der Waals surface area (Å²) in [7, 11) is 0. The molecule has 0 aliphatic heterocycles. The number of hydrogen-bond donors (Lipinski definition) is 0. The Morgan fingerprint density at radius 3 is 1.41 bits per heavy atom. The van der Waals surface area contributed by atoms with E-state index in [4.69, 9.17) is 0 Å². The van der Waals surface area contributed by atoms with Crippen LogP contribution in [0.4, 0.5) is 21.4 Å². The van der Waals surface area contributed by atoms with E-state index in [2.05, 4.69) is 162 Å². The first-order valence-corrected chi connectivity index (χ1v) is 16.8. The fourth-order valence-electron chi connectivity index (χ4n) is 7.25. The lowest BCUT2D eigenvalue weighted by atomic mass is 9.31. The van der Waals surface area contributed by atoms with Crippen molar-refractivity contribution in [3.63, 3.8) is 0 Å². The van der Waals surface area contributed by atoms with Crippen molar-refractivity contribution >= 4 is 62.7 Å². The van der Waals surface area contributed by atoms with Crippen molar-refractivity contribution in [2.24, 2.45) is 0 Å². The van der Waals surface area contributed by atoms with Gasteiger partial charge in [-0.15, -0.1) is 4.78 Å². The second-order valence-corrected chi connectivity index (χ2v) is 13.7. The zero-order chi connectivity index (χ0) is 32.4. The third kappa shape index (κ3) is 6.10. The van der Waals surface area contributed by atoms with Gasteiger partial charge in [-0.25, -0.2) is 0 Å². The lowest BCUT2D eigenvalue weighted by Gasteiger charge is -2.39. The predicted octanol–water partition coefficient (Wildman–Crippen LogP) is 10.2. The molecule has 4 heteroatoms. The lowest BCUT2D eigenvalue weighted by Crippen LogP contribution is -2.66. The van der Waals surface area contributed by atoms with Crippen LogP contribution in [0.3, 0.4) is 0 Å². The first kappa shape index (κ1) is 31.3. The van der Waals surface area contributed by atoms with Crippen molar-refractivity contribution in [3.05, 3.63) is 165 Å². The highest BCUT2D eigenvalue weighted by Crippen LogP contribution is 2.34. The van der Waals surface area contributed by atoms with Gasteiger partial charge in [-0.05, 0) is 95.6 Å². The number of para-hydroxylation sites is 2. The number of thiophene rings is 1. The number of rotatable bonds is 8. The minimum absolute atomic E-state index is 0.765. The van der Waals surface area contributed by atoms with Crippen molar-refractivity contribution in [3.8, 4) is 0 Å². The summed E-state index contributed by atoms with van der Waals surface area (Å²) in [5, 5.41) is 0. The largest absolute Gasteiger partial charge is 0.497 e. The van der Waals surface area contributed by atoms with E-state index in [0.717, 1.165) is 76.6 Å². The zero-order valence-corrected chi connectivity index (χ0v) is 28.3. The summed E-state index contributed by atoms with van der Waals surface area (Å²) < 4.78 is 19.1. The van der Waals surface area contributed by atoms with Gasteiger partial charge in [-0.2, -0.15) is 22.3 Å². The van der Waals surface area contributed by atoms with Gasteiger partial charge < -0.3 is 9.22 Å². The Kier molecular flexibility index (Phi) is 8.84. The summed E-state index contributed by atoms with van der Waals surface area (Å²) in [6.45, 7) is 12.4. The van der Waals surface area contributed by atoms with Gasteiger partial charge in [0, 0.05) is 21.9 Å². The summed E-state index contributed by atoms with van der Waals surface area (Å²) in [4.78, 5) is 3.29. The van der Waals surface area contributed by atoms with Crippen LogP contribution in [-0.4, -0.2) is 6.42 Å². The Morgan fingerprint density at radius 2 is 0.957 bits per heavy atom. The van der Waals surface area contributed by atoms with Crippen LogP contribution in [0.25, 0.3) is 12.2 Å². The van der Waals surface area contributed by atoms with Crippen LogP contribution in [0.5, 0.6) is 0 Å². The van der Waals surface area contributed by atoms with Gasteiger partial charge in [0.2, 0.25) is 6.42 Å². The number of hydrogen-bond acceptors (Lipinski definition) is 2. The van der Waals surface area contributed by atoms with Crippen LogP contribution in [0, 0.1) is 41.5 Å². The molecule has 6 aromatic rings. The topological polar surface area (TPSA) is 3.24 Å². The molecular weight excluding hydrogens is 580 g/mol. The lowest BCUT2D eigenvalue weighted by molar-refractivity contribution is 0.840. The molecule has 1 aromatic heterocycles. The Morgan fingerprint density at radius 1 is 0.522 bits per heavy atom. The highest BCUT2D eigenvalue weighted by Gasteiger charge is 2.36. The van der Waals surface area contributed by atoms with Crippen LogP contribution < -0.4 is 20.6 Å². The number of benzene rings is 5. The van der Waals surface area contributed by atoms with Crippen LogP contribution >= 0.6 is 11.3 Å². The third-order valence-electron chi connectivity index (χ3n) is 8.93. The summed E-state index contributed by atoms with van der Waals surface area (Å²) in [5.74, 6) is 0. The fraction of sp³-hybridized carbons (Fsp3) is 0.143. The molecule has 0 amide bonds. The van der Waals surface area contributed by atoms with Gasteiger partial charge in [0.15, 0.2) is 0 Å². The Balaban J connectivity index is 1.35. The molecule has 0 unspecified atom stereocenters. The van der Waals surface area contributed by atoms with Gasteiger partial charge >= 0.3 is 0 Å². The molecule has 0 N–H and O–H groups in total. The Hall–Kier alpha value is -4.67. The standard InChI is InChI=1S/C42H40BFNS/c1-29-25-31(3)41(32(4)26-29)43(44,42-33(5)27-30(2)28-34(42)6)40-24-23-39(46-40)22-19-35-17-20-38(21-18-35)45(36-13-9-7-10-14-36)37-15-11-8-12-16-37/h7-28H,1-6H3/q-1/b22-19+. The maximum absolute atomic E-state index is 18.3. The molecule has 0 aliphatic rings. The molecule has 0 spiro atoms. The summed E-state index contributed by atoms with van der Waals surface area (Å²) in [5.41, 5.74) is 12.4. The predicted molar refractivity (Wildman–Crippen MR) is 201 cm³/mol. The van der Waals surface area contributed by atoms with Crippen molar-refractivity contribution in [1.29, 1.82) is 0 Å². The number of aryl methyl sites for hydroxylation is 6. The van der Waals surface area contributed by atoms with E-state index in [1.165, 1.54) is 0 Å². The second-order valence-electron chi connectivity index (χ2n) is 12.6. The highest BCUT2D eigenvalue weighted by molar-refractivity contribution is 7.31. The number of nitrogens with zero attached hydrogens (tertiary/aromatic N) is 1.